The monoisotopic (exact) mass is 392 g/mol. The molecule has 0 unspecified atom stereocenters. The third-order valence-corrected chi connectivity index (χ3v) is 5.10. The zero-order chi connectivity index (χ0) is 20.5. The van der Waals surface area contributed by atoms with E-state index in [2.05, 4.69) is 0 Å². The van der Waals surface area contributed by atoms with Gasteiger partial charge in [-0.25, -0.2) is 9.59 Å². The molecule has 0 saturated heterocycles. The summed E-state index contributed by atoms with van der Waals surface area (Å²) in [7, 11) is 1.35. The Kier molecular flexibility index (Phi) is 4.84. The molecule has 0 aliphatic carbocycles. The number of fused-ring (bicyclic) bond motifs is 2. The first-order chi connectivity index (χ1) is 14.0. The van der Waals surface area contributed by atoms with Gasteiger partial charge in [0.25, 0.3) is 0 Å². The number of methoxy groups -OCH3 is 1. The maximum atomic E-state index is 11.7. The van der Waals surface area contributed by atoms with Gasteiger partial charge in [-0.3, -0.25) is 0 Å². The first kappa shape index (κ1) is 18.8. The number of rotatable bonds is 6. The number of carboxylic acid groups (broad SMARTS) is 1. The van der Waals surface area contributed by atoms with Gasteiger partial charge in [-0.1, -0.05) is 6.07 Å². The molecule has 6 nitrogen and oxygen atoms in total. The highest BCUT2D eigenvalue weighted by Crippen LogP contribution is 2.28. The summed E-state index contributed by atoms with van der Waals surface area (Å²) in [5.41, 5.74) is 2.95. The maximum Gasteiger partial charge on any atom is 0.337 e. The van der Waals surface area contributed by atoms with E-state index in [0.29, 0.717) is 23.2 Å². The van der Waals surface area contributed by atoms with Crippen molar-refractivity contribution in [3.8, 4) is 0 Å². The molecular formula is C23H20O6. The second-order valence-electron chi connectivity index (χ2n) is 6.98. The second-order valence-corrected chi connectivity index (χ2v) is 6.98. The van der Waals surface area contributed by atoms with Crippen molar-refractivity contribution < 1.29 is 28.3 Å². The lowest BCUT2D eigenvalue weighted by molar-refractivity contribution is 0.0600. The van der Waals surface area contributed by atoms with Crippen LogP contribution in [0.1, 0.15) is 44.2 Å². The van der Waals surface area contributed by atoms with Crippen molar-refractivity contribution in [2.75, 3.05) is 7.11 Å². The molecule has 0 bridgehead atoms. The van der Waals surface area contributed by atoms with E-state index in [1.807, 2.05) is 19.1 Å². The topological polar surface area (TPSA) is 89.9 Å². The molecule has 0 amide bonds. The molecule has 0 saturated carbocycles. The van der Waals surface area contributed by atoms with Gasteiger partial charge in [0, 0.05) is 23.6 Å². The van der Waals surface area contributed by atoms with Gasteiger partial charge in [0.1, 0.15) is 22.7 Å². The molecular weight excluding hydrogens is 372 g/mol. The minimum atomic E-state index is -0.970. The molecule has 0 atom stereocenters. The van der Waals surface area contributed by atoms with Crippen molar-refractivity contribution >= 4 is 33.9 Å². The summed E-state index contributed by atoms with van der Waals surface area (Å²) < 4.78 is 16.5. The molecule has 0 radical (unpaired) electrons. The third kappa shape index (κ3) is 3.61. The Hall–Kier alpha value is -3.54. The van der Waals surface area contributed by atoms with Crippen LogP contribution in [-0.4, -0.2) is 24.2 Å². The van der Waals surface area contributed by atoms with Crippen LogP contribution in [-0.2, 0) is 17.6 Å². The lowest BCUT2D eigenvalue weighted by Gasteiger charge is -1.98. The van der Waals surface area contributed by atoms with Crippen LogP contribution in [0.25, 0.3) is 21.9 Å². The number of hydrogen-bond donors (Lipinski definition) is 1. The van der Waals surface area contributed by atoms with Crippen LogP contribution in [0.5, 0.6) is 0 Å². The van der Waals surface area contributed by atoms with E-state index in [4.69, 9.17) is 18.7 Å². The highest BCUT2D eigenvalue weighted by atomic mass is 16.5. The van der Waals surface area contributed by atoms with Crippen LogP contribution in [0.4, 0.5) is 0 Å². The summed E-state index contributed by atoms with van der Waals surface area (Å²) >= 11 is 0. The smallest absolute Gasteiger partial charge is 0.337 e. The SMILES string of the molecule is COC(=O)c1ccc2cc(CCCc3oc4cc(C(=O)O)ccc4c3C)oc2c1. The highest BCUT2D eigenvalue weighted by Gasteiger charge is 2.14. The Morgan fingerprint density at radius 1 is 0.966 bits per heavy atom. The van der Waals surface area contributed by atoms with Crippen LogP contribution in [0.3, 0.4) is 0 Å². The van der Waals surface area contributed by atoms with Gasteiger partial charge in [0.05, 0.1) is 18.2 Å². The molecule has 2 heterocycles. The second kappa shape index (κ2) is 7.47. The number of benzene rings is 2. The van der Waals surface area contributed by atoms with Crippen molar-refractivity contribution in [2.24, 2.45) is 0 Å². The zero-order valence-corrected chi connectivity index (χ0v) is 16.2. The van der Waals surface area contributed by atoms with Crippen molar-refractivity contribution in [3.05, 3.63) is 70.7 Å². The fraction of sp³-hybridized carbons (Fsp3) is 0.217. The summed E-state index contributed by atoms with van der Waals surface area (Å²) in [6.07, 6.45) is 2.25. The van der Waals surface area contributed by atoms with Crippen LogP contribution >= 0.6 is 0 Å². The van der Waals surface area contributed by atoms with Crippen LogP contribution in [0.2, 0.25) is 0 Å². The number of ether oxygens (including phenoxy) is 1. The quantitative estimate of drug-likeness (QED) is 0.457. The summed E-state index contributed by atoms with van der Waals surface area (Å²) in [5, 5.41) is 11.0. The Bertz CT molecular complexity index is 1230. The summed E-state index contributed by atoms with van der Waals surface area (Å²) in [4.78, 5) is 22.8. The molecule has 6 heteroatoms. The minimum Gasteiger partial charge on any atom is -0.478 e. The number of esters is 1. The fourth-order valence-corrected chi connectivity index (χ4v) is 3.52. The lowest BCUT2D eigenvalue weighted by Crippen LogP contribution is -1.99. The predicted octanol–water partition coefficient (Wildman–Crippen LogP) is 5.15. The molecule has 2 aromatic carbocycles. The number of aryl methyl sites for hydroxylation is 3. The minimum absolute atomic E-state index is 0.214. The number of hydrogen-bond acceptors (Lipinski definition) is 5. The Labute approximate surface area is 166 Å². The number of carbonyl (C=O) groups is 2. The molecule has 0 aliphatic rings. The van der Waals surface area contributed by atoms with Crippen molar-refractivity contribution in [2.45, 2.75) is 26.2 Å². The first-order valence-electron chi connectivity index (χ1n) is 9.32. The van der Waals surface area contributed by atoms with Crippen molar-refractivity contribution in [1.82, 2.24) is 0 Å². The van der Waals surface area contributed by atoms with Crippen molar-refractivity contribution in [3.63, 3.8) is 0 Å². The molecule has 148 valence electrons. The molecule has 0 spiro atoms. The van der Waals surface area contributed by atoms with E-state index in [9.17, 15) is 9.59 Å². The molecule has 0 aliphatic heterocycles. The van der Waals surface area contributed by atoms with Gasteiger partial charge in [-0.05, 0) is 55.3 Å². The number of carbonyl (C=O) groups excluding carboxylic acids is 1. The molecule has 2 aromatic heterocycles. The summed E-state index contributed by atoms with van der Waals surface area (Å²) in [6.45, 7) is 1.98. The molecule has 29 heavy (non-hydrogen) atoms. The standard InChI is InChI=1S/C23H20O6/c1-13-18-9-8-15(22(24)25)11-21(18)29-19(13)5-3-4-17-10-14-6-7-16(23(26)27-2)12-20(14)28-17/h6-12H,3-5H2,1-2H3,(H,24,25). The van der Waals surface area contributed by atoms with Crippen LogP contribution in [0.15, 0.2) is 51.3 Å². The summed E-state index contributed by atoms with van der Waals surface area (Å²) in [6, 6.07) is 12.2. The lowest BCUT2D eigenvalue weighted by atomic mass is 10.1. The van der Waals surface area contributed by atoms with Gasteiger partial charge in [0.15, 0.2) is 0 Å². The molecule has 0 fully saturated rings. The van der Waals surface area contributed by atoms with E-state index in [1.165, 1.54) is 7.11 Å². The first-order valence-corrected chi connectivity index (χ1v) is 9.32. The van der Waals surface area contributed by atoms with E-state index in [1.54, 1.807) is 30.3 Å². The van der Waals surface area contributed by atoms with Gasteiger partial charge >= 0.3 is 11.9 Å². The molecule has 4 rings (SSSR count). The highest BCUT2D eigenvalue weighted by molar-refractivity contribution is 5.94. The van der Waals surface area contributed by atoms with Crippen LogP contribution in [0, 0.1) is 6.92 Å². The molecule has 1 N–H and O–H groups in total. The van der Waals surface area contributed by atoms with Gasteiger partial charge in [0.2, 0.25) is 0 Å². The number of aromatic carboxylic acids is 1. The number of furan rings is 2. The fourth-order valence-electron chi connectivity index (χ4n) is 3.52. The summed E-state index contributed by atoms with van der Waals surface area (Å²) in [5.74, 6) is 0.328. The molecule has 4 aromatic rings. The van der Waals surface area contributed by atoms with E-state index < -0.39 is 11.9 Å². The van der Waals surface area contributed by atoms with Gasteiger partial charge in [-0.15, -0.1) is 0 Å². The van der Waals surface area contributed by atoms with E-state index in [-0.39, 0.29) is 5.56 Å². The number of carboxylic acids is 1. The predicted molar refractivity (Wildman–Crippen MR) is 107 cm³/mol. The third-order valence-electron chi connectivity index (χ3n) is 5.10. The largest absolute Gasteiger partial charge is 0.478 e. The van der Waals surface area contributed by atoms with E-state index in [0.717, 1.165) is 40.7 Å². The Morgan fingerprint density at radius 2 is 1.72 bits per heavy atom. The zero-order valence-electron chi connectivity index (χ0n) is 16.2. The van der Waals surface area contributed by atoms with Crippen LogP contribution < -0.4 is 0 Å². The van der Waals surface area contributed by atoms with Gasteiger partial charge < -0.3 is 18.7 Å². The Balaban J connectivity index is 1.48. The van der Waals surface area contributed by atoms with Gasteiger partial charge in [-0.2, -0.15) is 0 Å². The Morgan fingerprint density at radius 3 is 2.48 bits per heavy atom. The normalized spacial score (nSPS) is 11.2. The van der Waals surface area contributed by atoms with E-state index >= 15 is 0 Å². The maximum absolute atomic E-state index is 11.7. The van der Waals surface area contributed by atoms with Crippen molar-refractivity contribution in [1.29, 1.82) is 0 Å². The average molecular weight is 392 g/mol. The average Bonchev–Trinajstić information content (AvgIpc) is 3.27.